The normalized spacial score (nSPS) is 11.8. The van der Waals surface area contributed by atoms with E-state index in [4.69, 9.17) is 10.00 Å². The van der Waals surface area contributed by atoms with Gasteiger partial charge in [-0.3, -0.25) is 0 Å². The van der Waals surface area contributed by atoms with Crippen molar-refractivity contribution >= 4 is 0 Å². The molecule has 3 nitrogen and oxygen atoms in total. The molecule has 0 saturated carbocycles. The van der Waals surface area contributed by atoms with Gasteiger partial charge >= 0.3 is 0 Å². The van der Waals surface area contributed by atoms with Crippen LogP contribution in [0, 0.1) is 11.3 Å². The lowest BCUT2D eigenvalue weighted by Gasteiger charge is -2.07. The third-order valence-corrected chi connectivity index (χ3v) is 1.80. The van der Waals surface area contributed by atoms with E-state index < -0.39 is 6.10 Å². The van der Waals surface area contributed by atoms with Crippen molar-refractivity contribution < 1.29 is 4.74 Å². The van der Waals surface area contributed by atoms with Gasteiger partial charge in [-0.05, 0) is 31.7 Å². The third kappa shape index (κ3) is 3.08. The average molecular weight is 190 g/mol. The zero-order chi connectivity index (χ0) is 10.4. The molecule has 0 aromatic heterocycles. The lowest BCUT2D eigenvalue weighted by Crippen LogP contribution is -2.08. The van der Waals surface area contributed by atoms with E-state index >= 15 is 0 Å². The molecule has 1 aromatic rings. The molecule has 0 amide bonds. The number of nitrogens with zero attached hydrogens (tertiary/aromatic N) is 1. The largest absolute Gasteiger partial charge is 0.476 e. The van der Waals surface area contributed by atoms with E-state index in [2.05, 4.69) is 5.32 Å². The Kier molecular flexibility index (Phi) is 3.96. The second-order valence-corrected chi connectivity index (χ2v) is 3.06. The molecule has 1 aromatic carbocycles. The highest BCUT2D eigenvalue weighted by Gasteiger charge is 2.00. The first-order valence-corrected chi connectivity index (χ1v) is 4.56. The summed E-state index contributed by atoms with van der Waals surface area (Å²) < 4.78 is 5.32. The fourth-order valence-electron chi connectivity index (χ4n) is 1.12. The Labute approximate surface area is 84.3 Å². The van der Waals surface area contributed by atoms with Crippen LogP contribution in [0.2, 0.25) is 0 Å². The van der Waals surface area contributed by atoms with Crippen LogP contribution in [0.15, 0.2) is 24.3 Å². The van der Waals surface area contributed by atoms with Crippen molar-refractivity contribution in [3.05, 3.63) is 29.8 Å². The van der Waals surface area contributed by atoms with Gasteiger partial charge in [0.1, 0.15) is 11.8 Å². The van der Waals surface area contributed by atoms with Gasteiger partial charge < -0.3 is 10.1 Å². The van der Waals surface area contributed by atoms with Gasteiger partial charge in [0, 0.05) is 6.54 Å². The highest BCUT2D eigenvalue weighted by Crippen LogP contribution is 2.13. The van der Waals surface area contributed by atoms with Crippen molar-refractivity contribution in [2.24, 2.45) is 0 Å². The zero-order valence-corrected chi connectivity index (χ0v) is 8.45. The van der Waals surface area contributed by atoms with Crippen LogP contribution in [-0.4, -0.2) is 13.2 Å². The third-order valence-electron chi connectivity index (χ3n) is 1.80. The van der Waals surface area contributed by atoms with E-state index in [0.717, 1.165) is 12.3 Å². The van der Waals surface area contributed by atoms with Crippen LogP contribution in [0.3, 0.4) is 0 Å². The molecule has 0 saturated heterocycles. The molecule has 14 heavy (non-hydrogen) atoms. The van der Waals surface area contributed by atoms with Crippen molar-refractivity contribution in [3.63, 3.8) is 0 Å². The quantitative estimate of drug-likeness (QED) is 0.786. The Bertz CT molecular complexity index is 313. The van der Waals surface area contributed by atoms with Gasteiger partial charge in [-0.1, -0.05) is 12.1 Å². The summed E-state index contributed by atoms with van der Waals surface area (Å²) in [5.74, 6) is 0.735. The Morgan fingerprint density at radius 2 is 2.07 bits per heavy atom. The predicted molar refractivity (Wildman–Crippen MR) is 54.9 cm³/mol. The number of ether oxygens (including phenoxy) is 1. The van der Waals surface area contributed by atoms with Crippen LogP contribution in [-0.2, 0) is 6.54 Å². The molecular formula is C11H14N2O. The van der Waals surface area contributed by atoms with Crippen molar-refractivity contribution in [2.75, 3.05) is 7.05 Å². The summed E-state index contributed by atoms with van der Waals surface area (Å²) in [6.45, 7) is 2.57. The Morgan fingerprint density at radius 1 is 1.43 bits per heavy atom. The molecule has 0 fully saturated rings. The molecule has 3 heteroatoms. The van der Waals surface area contributed by atoms with Gasteiger partial charge in [-0.2, -0.15) is 5.26 Å². The van der Waals surface area contributed by atoms with Gasteiger partial charge in [-0.15, -0.1) is 0 Å². The number of hydrogen-bond acceptors (Lipinski definition) is 3. The summed E-state index contributed by atoms with van der Waals surface area (Å²) in [6.07, 6.45) is -0.398. The van der Waals surface area contributed by atoms with Crippen LogP contribution in [0.1, 0.15) is 12.5 Å². The molecule has 0 aliphatic heterocycles. The first-order chi connectivity index (χ1) is 6.76. The van der Waals surface area contributed by atoms with Crippen LogP contribution in [0.4, 0.5) is 0 Å². The SMILES string of the molecule is CNCc1ccc(OC(C)C#N)cc1. The van der Waals surface area contributed by atoms with E-state index in [1.54, 1.807) is 6.92 Å². The van der Waals surface area contributed by atoms with Crippen LogP contribution < -0.4 is 10.1 Å². The Hall–Kier alpha value is -1.53. The van der Waals surface area contributed by atoms with Crippen molar-refractivity contribution in [1.82, 2.24) is 5.32 Å². The maximum atomic E-state index is 8.55. The second kappa shape index (κ2) is 5.25. The van der Waals surface area contributed by atoms with Crippen molar-refractivity contribution in [2.45, 2.75) is 19.6 Å². The number of hydrogen-bond donors (Lipinski definition) is 1. The number of nitrogens with one attached hydrogen (secondary N) is 1. The molecule has 1 N–H and O–H groups in total. The lowest BCUT2D eigenvalue weighted by atomic mass is 10.2. The highest BCUT2D eigenvalue weighted by molar-refractivity contribution is 5.27. The molecule has 1 rings (SSSR count). The van der Waals surface area contributed by atoms with E-state index in [9.17, 15) is 0 Å². The molecule has 0 aliphatic rings. The summed E-state index contributed by atoms with van der Waals surface area (Å²) in [4.78, 5) is 0. The summed E-state index contributed by atoms with van der Waals surface area (Å²) in [7, 11) is 1.90. The summed E-state index contributed by atoms with van der Waals surface area (Å²) >= 11 is 0. The minimum Gasteiger partial charge on any atom is -0.476 e. The number of rotatable bonds is 4. The lowest BCUT2D eigenvalue weighted by molar-refractivity contribution is 0.276. The second-order valence-electron chi connectivity index (χ2n) is 3.06. The number of nitriles is 1. The fraction of sp³-hybridized carbons (Fsp3) is 0.364. The minimum atomic E-state index is -0.398. The van der Waals surface area contributed by atoms with E-state index in [0.29, 0.717) is 0 Å². The molecule has 0 aliphatic carbocycles. The Balaban J connectivity index is 2.60. The molecule has 74 valence electrons. The molecule has 0 bridgehead atoms. The standard InChI is InChI=1S/C11H14N2O/c1-9(7-12)14-11-5-3-10(4-6-11)8-13-2/h3-6,9,13H,8H2,1-2H3. The Morgan fingerprint density at radius 3 is 2.57 bits per heavy atom. The molecular weight excluding hydrogens is 176 g/mol. The van der Waals surface area contributed by atoms with Gasteiger partial charge in [0.05, 0.1) is 0 Å². The molecule has 0 heterocycles. The van der Waals surface area contributed by atoms with Gasteiger partial charge in [0.15, 0.2) is 6.10 Å². The molecule has 0 radical (unpaired) electrons. The van der Waals surface area contributed by atoms with Crippen molar-refractivity contribution in [3.8, 4) is 11.8 Å². The average Bonchev–Trinajstić information content (AvgIpc) is 2.21. The highest BCUT2D eigenvalue weighted by atomic mass is 16.5. The topological polar surface area (TPSA) is 45.0 Å². The van der Waals surface area contributed by atoms with Gasteiger partial charge in [0.2, 0.25) is 0 Å². The summed E-state index contributed by atoms with van der Waals surface area (Å²) in [5.41, 5.74) is 1.20. The van der Waals surface area contributed by atoms with Crippen LogP contribution in [0.25, 0.3) is 0 Å². The summed E-state index contributed by atoms with van der Waals surface area (Å²) in [6, 6.07) is 9.73. The first-order valence-electron chi connectivity index (χ1n) is 4.56. The predicted octanol–water partition coefficient (Wildman–Crippen LogP) is 1.70. The molecule has 1 unspecified atom stereocenters. The summed E-state index contributed by atoms with van der Waals surface area (Å²) in [5, 5.41) is 11.6. The van der Waals surface area contributed by atoms with Crippen LogP contribution >= 0.6 is 0 Å². The minimum absolute atomic E-state index is 0.398. The number of benzene rings is 1. The van der Waals surface area contributed by atoms with E-state index in [1.165, 1.54) is 5.56 Å². The van der Waals surface area contributed by atoms with E-state index in [1.807, 2.05) is 37.4 Å². The molecule has 1 atom stereocenters. The van der Waals surface area contributed by atoms with Crippen molar-refractivity contribution in [1.29, 1.82) is 5.26 Å². The van der Waals surface area contributed by atoms with Crippen LogP contribution in [0.5, 0.6) is 5.75 Å². The first kappa shape index (κ1) is 10.6. The maximum absolute atomic E-state index is 8.55. The van der Waals surface area contributed by atoms with Gasteiger partial charge in [0.25, 0.3) is 0 Å². The fourth-order valence-corrected chi connectivity index (χ4v) is 1.12. The van der Waals surface area contributed by atoms with Gasteiger partial charge in [-0.25, -0.2) is 0 Å². The monoisotopic (exact) mass is 190 g/mol. The smallest absolute Gasteiger partial charge is 0.181 e. The molecule has 0 spiro atoms. The zero-order valence-electron chi connectivity index (χ0n) is 8.45. The van der Waals surface area contributed by atoms with E-state index in [-0.39, 0.29) is 0 Å². The maximum Gasteiger partial charge on any atom is 0.181 e.